The van der Waals surface area contributed by atoms with E-state index in [1.165, 1.54) is 0 Å². The lowest BCUT2D eigenvalue weighted by Crippen LogP contribution is -1.84. The summed E-state index contributed by atoms with van der Waals surface area (Å²) < 4.78 is 14.6. The van der Waals surface area contributed by atoms with Crippen molar-refractivity contribution in [2.24, 2.45) is 0 Å². The van der Waals surface area contributed by atoms with Crippen LogP contribution in [0.5, 0.6) is 0 Å². The Bertz CT molecular complexity index is 455. The number of hydrogen-bond donors (Lipinski definition) is 1. The minimum atomic E-state index is -2.28. The molecule has 0 spiro atoms. The molecule has 0 aliphatic carbocycles. The van der Waals surface area contributed by atoms with E-state index in [0.29, 0.717) is 5.56 Å². The molecule has 2 rings (SSSR count). The molecule has 0 unspecified atom stereocenters. The van der Waals surface area contributed by atoms with Crippen molar-refractivity contribution < 1.29 is 7.85 Å². The molecule has 0 aromatic heterocycles. The first-order valence-corrected chi connectivity index (χ1v) is 3.79. The first-order chi connectivity index (χ1) is 6.59. The van der Waals surface area contributed by atoms with Crippen LogP contribution >= 0.6 is 0 Å². The standard InChI is InChI=1S/C11H10O/c12-8-10-6-3-5-9-4-1-2-7-11(9)10/h1-7,12H,8H2/i8D2. The Hall–Kier alpha value is -1.34. The highest BCUT2D eigenvalue weighted by atomic mass is 16.3. The fourth-order valence-electron chi connectivity index (χ4n) is 1.32. The zero-order valence-electron chi connectivity index (χ0n) is 8.49. The van der Waals surface area contributed by atoms with Gasteiger partial charge in [-0.15, -0.1) is 0 Å². The lowest BCUT2D eigenvalue weighted by Gasteiger charge is -2.01. The van der Waals surface area contributed by atoms with Gasteiger partial charge < -0.3 is 5.11 Å². The summed E-state index contributed by atoms with van der Waals surface area (Å²) in [6.07, 6.45) is 0. The van der Waals surface area contributed by atoms with Crippen LogP contribution in [-0.4, -0.2) is 5.11 Å². The summed E-state index contributed by atoms with van der Waals surface area (Å²) in [6.45, 7) is -2.28. The van der Waals surface area contributed by atoms with E-state index in [-0.39, 0.29) is 0 Å². The van der Waals surface area contributed by atoms with E-state index in [0.717, 1.165) is 10.8 Å². The maximum atomic E-state index is 9.32. The molecule has 0 atom stereocenters. The summed E-state index contributed by atoms with van der Waals surface area (Å²) in [5, 5.41) is 11.0. The molecule has 2 aromatic rings. The highest BCUT2D eigenvalue weighted by Gasteiger charge is 1.96. The van der Waals surface area contributed by atoms with Gasteiger partial charge in [0.05, 0.1) is 9.30 Å². The molecule has 0 saturated heterocycles. The second-order valence-electron chi connectivity index (χ2n) is 2.64. The van der Waals surface area contributed by atoms with E-state index >= 15 is 0 Å². The SMILES string of the molecule is [2H]C([2H])(O)c1cccc2ccccc12. The molecule has 0 saturated carbocycles. The predicted octanol–water partition coefficient (Wildman–Crippen LogP) is 2.33. The van der Waals surface area contributed by atoms with Gasteiger partial charge in [0.1, 0.15) is 0 Å². The molecular weight excluding hydrogens is 148 g/mol. The smallest absolute Gasteiger partial charge is 0.0687 e. The second-order valence-corrected chi connectivity index (χ2v) is 2.64. The van der Waals surface area contributed by atoms with Gasteiger partial charge in [-0.05, 0) is 16.3 Å². The minimum absolute atomic E-state index is 0.315. The molecule has 0 amide bonds. The van der Waals surface area contributed by atoms with Crippen molar-refractivity contribution in [3.8, 4) is 0 Å². The van der Waals surface area contributed by atoms with Crippen LogP contribution in [0.15, 0.2) is 42.5 Å². The Balaban J connectivity index is 2.78. The molecule has 0 heterocycles. The number of fused-ring (bicyclic) bond motifs is 1. The van der Waals surface area contributed by atoms with Crippen molar-refractivity contribution in [2.45, 2.75) is 6.56 Å². The van der Waals surface area contributed by atoms with Gasteiger partial charge in [0.2, 0.25) is 0 Å². The Kier molecular flexibility index (Phi) is 1.31. The zero-order chi connectivity index (χ0) is 10.2. The van der Waals surface area contributed by atoms with Gasteiger partial charge in [-0.2, -0.15) is 0 Å². The Morgan fingerprint density at radius 2 is 1.83 bits per heavy atom. The summed E-state index contributed by atoms with van der Waals surface area (Å²) in [6, 6.07) is 12.7. The molecule has 0 fully saturated rings. The fourth-order valence-corrected chi connectivity index (χ4v) is 1.32. The molecule has 12 heavy (non-hydrogen) atoms. The van der Waals surface area contributed by atoms with E-state index in [9.17, 15) is 5.11 Å². The van der Waals surface area contributed by atoms with E-state index in [1.54, 1.807) is 18.2 Å². The third-order valence-electron chi connectivity index (χ3n) is 1.91. The number of hydrogen-bond acceptors (Lipinski definition) is 1. The van der Waals surface area contributed by atoms with Gasteiger partial charge in [0, 0.05) is 0 Å². The van der Waals surface area contributed by atoms with Gasteiger partial charge in [-0.25, -0.2) is 0 Å². The molecular formula is C11H10O. The van der Waals surface area contributed by atoms with Crippen LogP contribution in [-0.2, 0) is 6.56 Å². The second kappa shape index (κ2) is 2.95. The Labute approximate surface area is 74.1 Å². The molecule has 60 valence electrons. The highest BCUT2D eigenvalue weighted by Crippen LogP contribution is 2.17. The first kappa shape index (κ1) is 5.33. The van der Waals surface area contributed by atoms with Gasteiger partial charge in [-0.3, -0.25) is 0 Å². The van der Waals surface area contributed by atoms with E-state index < -0.39 is 6.56 Å². The van der Waals surface area contributed by atoms with Crippen LogP contribution in [0.25, 0.3) is 10.8 Å². The number of benzene rings is 2. The van der Waals surface area contributed by atoms with Gasteiger partial charge in [0.25, 0.3) is 0 Å². The van der Waals surface area contributed by atoms with Crippen molar-refractivity contribution in [2.75, 3.05) is 0 Å². The van der Waals surface area contributed by atoms with Gasteiger partial charge >= 0.3 is 0 Å². The quantitative estimate of drug-likeness (QED) is 0.678. The highest BCUT2D eigenvalue weighted by molar-refractivity contribution is 5.85. The molecule has 1 N–H and O–H groups in total. The third-order valence-corrected chi connectivity index (χ3v) is 1.91. The van der Waals surface area contributed by atoms with Crippen molar-refractivity contribution in [1.82, 2.24) is 0 Å². The third kappa shape index (κ3) is 1.08. The molecule has 0 aliphatic heterocycles. The summed E-state index contributed by atoms with van der Waals surface area (Å²) in [7, 11) is 0. The fraction of sp³-hybridized carbons (Fsp3) is 0.0909. The van der Waals surface area contributed by atoms with Crippen LogP contribution in [0.3, 0.4) is 0 Å². The monoisotopic (exact) mass is 160 g/mol. The largest absolute Gasteiger partial charge is 0.392 e. The molecule has 2 aromatic carbocycles. The lowest BCUT2D eigenvalue weighted by molar-refractivity contribution is 0.283. The summed E-state index contributed by atoms with van der Waals surface area (Å²) in [5.41, 5.74) is 0.315. The summed E-state index contributed by atoms with van der Waals surface area (Å²) in [5.74, 6) is 0. The van der Waals surface area contributed by atoms with Crippen LogP contribution in [0.2, 0.25) is 0 Å². The summed E-state index contributed by atoms with van der Waals surface area (Å²) >= 11 is 0. The number of rotatable bonds is 1. The Morgan fingerprint density at radius 1 is 1.08 bits per heavy atom. The van der Waals surface area contributed by atoms with Crippen LogP contribution in [0, 0.1) is 0 Å². The van der Waals surface area contributed by atoms with Crippen molar-refractivity contribution in [3.63, 3.8) is 0 Å². The molecule has 0 bridgehead atoms. The van der Waals surface area contributed by atoms with E-state index in [1.807, 2.05) is 24.3 Å². The van der Waals surface area contributed by atoms with Crippen LogP contribution in [0.1, 0.15) is 8.30 Å². The predicted molar refractivity (Wildman–Crippen MR) is 49.9 cm³/mol. The van der Waals surface area contributed by atoms with E-state index in [4.69, 9.17) is 2.74 Å². The van der Waals surface area contributed by atoms with Gasteiger partial charge in [0.15, 0.2) is 0 Å². The van der Waals surface area contributed by atoms with Crippen molar-refractivity contribution in [1.29, 1.82) is 0 Å². The lowest BCUT2D eigenvalue weighted by atomic mass is 10.1. The Morgan fingerprint density at radius 3 is 2.67 bits per heavy atom. The average Bonchev–Trinajstić information content (AvgIpc) is 2.15. The van der Waals surface area contributed by atoms with E-state index in [2.05, 4.69) is 0 Å². The summed E-state index contributed by atoms with van der Waals surface area (Å²) in [4.78, 5) is 0. The molecule has 0 aliphatic rings. The average molecular weight is 160 g/mol. The minimum Gasteiger partial charge on any atom is -0.392 e. The first-order valence-electron chi connectivity index (χ1n) is 4.79. The van der Waals surface area contributed by atoms with Crippen LogP contribution in [0.4, 0.5) is 0 Å². The molecule has 1 heteroatoms. The maximum Gasteiger partial charge on any atom is 0.0687 e. The molecule has 1 nitrogen and oxygen atoms in total. The normalized spacial score (nSPS) is 14.1. The van der Waals surface area contributed by atoms with Crippen molar-refractivity contribution in [3.05, 3.63) is 48.0 Å². The zero-order valence-corrected chi connectivity index (χ0v) is 6.49. The van der Waals surface area contributed by atoms with Crippen LogP contribution < -0.4 is 0 Å². The number of aliphatic hydroxyl groups is 1. The maximum absolute atomic E-state index is 9.32. The topological polar surface area (TPSA) is 20.2 Å². The van der Waals surface area contributed by atoms with Crippen molar-refractivity contribution >= 4 is 10.8 Å². The van der Waals surface area contributed by atoms with Gasteiger partial charge in [-0.1, -0.05) is 42.5 Å². The molecule has 0 radical (unpaired) electrons.